The van der Waals surface area contributed by atoms with E-state index in [1.165, 1.54) is 11.8 Å². The molecule has 1 aliphatic heterocycles. The summed E-state index contributed by atoms with van der Waals surface area (Å²) in [6, 6.07) is 7.45. The molecule has 0 radical (unpaired) electrons. The van der Waals surface area contributed by atoms with Gasteiger partial charge in [-0.25, -0.2) is 4.98 Å². The number of hydrogen-bond donors (Lipinski definition) is 1. The van der Waals surface area contributed by atoms with Crippen molar-refractivity contribution >= 4 is 50.4 Å². The Morgan fingerprint density at radius 1 is 1.28 bits per heavy atom. The molecule has 152 valence electrons. The van der Waals surface area contributed by atoms with Crippen LogP contribution in [0.3, 0.4) is 0 Å². The van der Waals surface area contributed by atoms with Crippen LogP contribution in [0.5, 0.6) is 11.5 Å². The summed E-state index contributed by atoms with van der Waals surface area (Å²) >= 11 is 7.93. The molecular weight excluding hydrogens is 410 g/mol. The second kappa shape index (κ2) is 8.47. The van der Waals surface area contributed by atoms with E-state index in [0.29, 0.717) is 28.8 Å². The molecule has 1 N–H and O–H groups in total. The number of halogens is 1. The smallest absolute Gasteiger partial charge is 0.229 e. The number of anilines is 2. The van der Waals surface area contributed by atoms with Gasteiger partial charge in [0.05, 0.1) is 30.8 Å². The highest BCUT2D eigenvalue weighted by Crippen LogP contribution is 2.37. The van der Waals surface area contributed by atoms with E-state index in [1.807, 2.05) is 12.3 Å². The number of amides is 1. The third-order valence-corrected chi connectivity index (χ3v) is 6.36. The Balaban J connectivity index is 1.52. The van der Waals surface area contributed by atoms with Gasteiger partial charge < -0.3 is 19.7 Å². The molecule has 4 rings (SSSR count). The highest BCUT2D eigenvalue weighted by Gasteiger charge is 2.28. The van der Waals surface area contributed by atoms with Crippen LogP contribution in [0.4, 0.5) is 11.5 Å². The van der Waals surface area contributed by atoms with Crippen molar-refractivity contribution in [2.75, 3.05) is 37.5 Å². The Kier molecular flexibility index (Phi) is 5.78. The fraction of sp³-hybridized carbons (Fsp3) is 0.333. The summed E-state index contributed by atoms with van der Waals surface area (Å²) in [6.07, 6.45) is 3.59. The highest BCUT2D eigenvalue weighted by molar-refractivity contribution is 7.17. The van der Waals surface area contributed by atoms with Gasteiger partial charge in [-0.15, -0.1) is 11.3 Å². The molecule has 8 heteroatoms. The standard InChI is InChI=1S/C21H22ClN3O3S/c1-27-17-11-18(28-2)16(10-15(17)22)24-21(26)13-4-3-8-25(12-13)20-14-6-9-29-19(14)5-7-23-20/h5-7,9-11,13H,3-4,8,12H2,1-2H3,(H,24,26)/t13-/m0/s1. The molecule has 1 fully saturated rings. The third-order valence-electron chi connectivity index (χ3n) is 5.18. The first-order chi connectivity index (χ1) is 14.1. The van der Waals surface area contributed by atoms with E-state index in [2.05, 4.69) is 26.6 Å². The number of thiophene rings is 1. The summed E-state index contributed by atoms with van der Waals surface area (Å²) in [5.41, 5.74) is 0.540. The lowest BCUT2D eigenvalue weighted by molar-refractivity contribution is -0.120. The van der Waals surface area contributed by atoms with Gasteiger partial charge in [0, 0.05) is 35.4 Å². The van der Waals surface area contributed by atoms with Gasteiger partial charge in [-0.1, -0.05) is 11.6 Å². The largest absolute Gasteiger partial charge is 0.495 e. The summed E-state index contributed by atoms with van der Waals surface area (Å²) in [7, 11) is 3.09. The summed E-state index contributed by atoms with van der Waals surface area (Å²) in [6.45, 7) is 1.52. The molecule has 0 spiro atoms. The number of nitrogens with one attached hydrogen (secondary N) is 1. The van der Waals surface area contributed by atoms with Gasteiger partial charge in [0.15, 0.2) is 0 Å². The molecule has 3 heterocycles. The SMILES string of the molecule is COc1cc(OC)c(NC(=O)[C@H]2CCCN(c3nccc4sccc34)C2)cc1Cl. The summed E-state index contributed by atoms with van der Waals surface area (Å²) in [5, 5.41) is 6.61. The maximum Gasteiger partial charge on any atom is 0.229 e. The number of aromatic nitrogens is 1. The zero-order valence-corrected chi connectivity index (χ0v) is 17.8. The molecule has 2 aromatic heterocycles. The van der Waals surface area contributed by atoms with Crippen molar-refractivity contribution in [1.82, 2.24) is 4.98 Å². The number of carbonyl (C=O) groups excluding carboxylic acids is 1. The third kappa shape index (κ3) is 3.97. The first-order valence-corrected chi connectivity index (χ1v) is 10.7. The van der Waals surface area contributed by atoms with Gasteiger partial charge in [0.2, 0.25) is 5.91 Å². The second-order valence-corrected chi connectivity index (χ2v) is 8.28. The molecule has 1 amide bonds. The van der Waals surface area contributed by atoms with Crippen molar-refractivity contribution in [2.24, 2.45) is 5.92 Å². The summed E-state index contributed by atoms with van der Waals surface area (Å²) < 4.78 is 11.8. The number of hydrogen-bond acceptors (Lipinski definition) is 6. The normalized spacial score (nSPS) is 16.7. The topological polar surface area (TPSA) is 63.7 Å². The number of rotatable bonds is 5. The Bertz CT molecular complexity index is 1040. The Morgan fingerprint density at radius 2 is 2.10 bits per heavy atom. The number of pyridine rings is 1. The lowest BCUT2D eigenvalue weighted by Crippen LogP contribution is -2.41. The Labute approximate surface area is 178 Å². The van der Waals surface area contributed by atoms with Gasteiger partial charge in [0.1, 0.15) is 17.3 Å². The monoisotopic (exact) mass is 431 g/mol. The zero-order valence-electron chi connectivity index (χ0n) is 16.3. The fourth-order valence-electron chi connectivity index (χ4n) is 3.71. The maximum atomic E-state index is 13.0. The molecule has 3 aromatic rings. The van der Waals surface area contributed by atoms with Gasteiger partial charge in [-0.05, 0) is 36.4 Å². The van der Waals surface area contributed by atoms with Crippen LogP contribution < -0.4 is 19.7 Å². The van der Waals surface area contributed by atoms with Crippen molar-refractivity contribution in [3.05, 3.63) is 40.9 Å². The molecule has 6 nitrogen and oxygen atoms in total. The molecular formula is C21H22ClN3O3S. The van der Waals surface area contributed by atoms with Crippen LogP contribution in [-0.4, -0.2) is 38.2 Å². The van der Waals surface area contributed by atoms with Crippen LogP contribution in [0, 0.1) is 5.92 Å². The van der Waals surface area contributed by atoms with E-state index in [0.717, 1.165) is 30.6 Å². The van der Waals surface area contributed by atoms with Crippen molar-refractivity contribution in [1.29, 1.82) is 0 Å². The minimum Gasteiger partial charge on any atom is -0.495 e. The highest BCUT2D eigenvalue weighted by atomic mass is 35.5. The predicted molar refractivity (Wildman–Crippen MR) is 118 cm³/mol. The molecule has 29 heavy (non-hydrogen) atoms. The van der Waals surface area contributed by atoms with E-state index in [4.69, 9.17) is 21.1 Å². The van der Waals surface area contributed by atoms with E-state index >= 15 is 0 Å². The molecule has 1 saturated heterocycles. The minimum atomic E-state index is -0.148. The predicted octanol–water partition coefficient (Wildman–Crippen LogP) is 4.82. The van der Waals surface area contributed by atoms with Crippen molar-refractivity contribution in [3.8, 4) is 11.5 Å². The summed E-state index contributed by atoms with van der Waals surface area (Å²) in [4.78, 5) is 19.8. The van der Waals surface area contributed by atoms with Crippen LogP contribution in [0.15, 0.2) is 35.8 Å². The van der Waals surface area contributed by atoms with Crippen molar-refractivity contribution < 1.29 is 14.3 Å². The molecule has 0 unspecified atom stereocenters. The number of piperidine rings is 1. The Hall–Kier alpha value is -2.51. The molecule has 0 bridgehead atoms. The van der Waals surface area contributed by atoms with Crippen LogP contribution in [-0.2, 0) is 4.79 Å². The Morgan fingerprint density at radius 3 is 2.90 bits per heavy atom. The van der Waals surface area contributed by atoms with Gasteiger partial charge in [-0.3, -0.25) is 4.79 Å². The average molecular weight is 432 g/mol. The molecule has 1 aliphatic rings. The quantitative estimate of drug-likeness (QED) is 0.627. The van der Waals surface area contributed by atoms with E-state index in [-0.39, 0.29) is 11.8 Å². The minimum absolute atomic E-state index is 0.0493. The van der Waals surface area contributed by atoms with Crippen LogP contribution in [0.25, 0.3) is 10.1 Å². The fourth-order valence-corrected chi connectivity index (χ4v) is 4.73. The van der Waals surface area contributed by atoms with Crippen LogP contribution in [0.2, 0.25) is 5.02 Å². The molecule has 1 aromatic carbocycles. The average Bonchev–Trinajstić information content (AvgIpc) is 3.23. The lowest BCUT2D eigenvalue weighted by Gasteiger charge is -2.33. The van der Waals surface area contributed by atoms with Crippen LogP contribution >= 0.6 is 22.9 Å². The molecule has 0 saturated carbocycles. The van der Waals surface area contributed by atoms with E-state index in [1.54, 1.807) is 30.6 Å². The lowest BCUT2D eigenvalue weighted by atomic mass is 9.96. The van der Waals surface area contributed by atoms with E-state index in [9.17, 15) is 4.79 Å². The van der Waals surface area contributed by atoms with Gasteiger partial charge >= 0.3 is 0 Å². The number of benzene rings is 1. The molecule has 0 aliphatic carbocycles. The maximum absolute atomic E-state index is 13.0. The van der Waals surface area contributed by atoms with Crippen molar-refractivity contribution in [2.45, 2.75) is 12.8 Å². The van der Waals surface area contributed by atoms with E-state index < -0.39 is 0 Å². The number of fused-ring (bicyclic) bond motifs is 1. The number of carbonyl (C=O) groups is 1. The number of nitrogens with zero attached hydrogens (tertiary/aromatic N) is 2. The first-order valence-electron chi connectivity index (χ1n) is 9.40. The zero-order chi connectivity index (χ0) is 20.4. The second-order valence-electron chi connectivity index (χ2n) is 6.93. The van der Waals surface area contributed by atoms with Gasteiger partial charge in [0.25, 0.3) is 0 Å². The summed E-state index contributed by atoms with van der Waals surface area (Å²) in [5.74, 6) is 1.76. The first kappa shape index (κ1) is 19.8. The number of ether oxygens (including phenoxy) is 2. The molecule has 1 atom stereocenters. The van der Waals surface area contributed by atoms with Crippen molar-refractivity contribution in [3.63, 3.8) is 0 Å². The van der Waals surface area contributed by atoms with Gasteiger partial charge in [-0.2, -0.15) is 0 Å². The van der Waals surface area contributed by atoms with Crippen LogP contribution in [0.1, 0.15) is 12.8 Å². The number of methoxy groups -OCH3 is 2.